The predicted octanol–water partition coefficient (Wildman–Crippen LogP) is 2.06. The molecule has 0 spiro atoms. The highest BCUT2D eigenvalue weighted by Crippen LogP contribution is 2.21. The van der Waals surface area contributed by atoms with E-state index in [9.17, 15) is 4.79 Å². The predicted molar refractivity (Wildman–Crippen MR) is 77.6 cm³/mol. The minimum Gasteiger partial charge on any atom is -0.494 e. The molecule has 1 rings (SSSR count). The van der Waals surface area contributed by atoms with Gasteiger partial charge in [-0.3, -0.25) is 4.79 Å². The molecule has 1 aromatic carbocycles. The molecule has 1 unspecified atom stereocenters. The van der Waals surface area contributed by atoms with Gasteiger partial charge >= 0.3 is 0 Å². The first-order valence-corrected chi connectivity index (χ1v) is 7.40. The molecule has 19 heavy (non-hydrogen) atoms. The van der Waals surface area contributed by atoms with Crippen molar-refractivity contribution in [3.8, 4) is 5.75 Å². The van der Waals surface area contributed by atoms with Crippen LogP contribution in [0.15, 0.2) is 29.2 Å². The summed E-state index contributed by atoms with van der Waals surface area (Å²) in [5.74, 6) is 1.21. The zero-order valence-electron chi connectivity index (χ0n) is 11.4. The minimum absolute atomic E-state index is 0.0124. The second kappa shape index (κ2) is 8.82. The Morgan fingerprint density at radius 2 is 2.11 bits per heavy atom. The van der Waals surface area contributed by atoms with Gasteiger partial charge in [0.15, 0.2) is 0 Å². The number of hydrogen-bond donors (Lipinski definition) is 2. The average Bonchev–Trinajstić information content (AvgIpc) is 2.38. The van der Waals surface area contributed by atoms with E-state index in [-0.39, 0.29) is 18.6 Å². The molecule has 0 heterocycles. The molecule has 0 saturated carbocycles. The second-order valence-electron chi connectivity index (χ2n) is 4.17. The largest absolute Gasteiger partial charge is 0.494 e. The minimum atomic E-state index is -0.0140. The van der Waals surface area contributed by atoms with Crippen molar-refractivity contribution in [3.05, 3.63) is 24.3 Å². The van der Waals surface area contributed by atoms with E-state index in [4.69, 9.17) is 9.84 Å². The highest BCUT2D eigenvalue weighted by atomic mass is 32.2. The topological polar surface area (TPSA) is 58.6 Å². The summed E-state index contributed by atoms with van der Waals surface area (Å²) in [7, 11) is 0. The molecule has 0 radical (unpaired) electrons. The maximum Gasteiger partial charge on any atom is 0.230 e. The first-order chi connectivity index (χ1) is 9.15. The van der Waals surface area contributed by atoms with Gasteiger partial charge in [0.2, 0.25) is 5.91 Å². The van der Waals surface area contributed by atoms with Crippen molar-refractivity contribution in [2.24, 2.45) is 0 Å². The zero-order chi connectivity index (χ0) is 14.1. The van der Waals surface area contributed by atoms with Crippen LogP contribution in [-0.4, -0.2) is 36.0 Å². The lowest BCUT2D eigenvalue weighted by Gasteiger charge is -2.12. The zero-order valence-corrected chi connectivity index (χ0v) is 12.2. The molecule has 0 fully saturated rings. The van der Waals surface area contributed by atoms with E-state index < -0.39 is 0 Å². The maximum absolute atomic E-state index is 11.6. The van der Waals surface area contributed by atoms with E-state index in [0.29, 0.717) is 18.8 Å². The van der Waals surface area contributed by atoms with Gasteiger partial charge in [0.05, 0.1) is 12.4 Å². The molecule has 4 nitrogen and oxygen atoms in total. The smallest absolute Gasteiger partial charge is 0.230 e. The lowest BCUT2D eigenvalue weighted by atomic mass is 10.2. The number of thioether (sulfide) groups is 1. The standard InChI is InChI=1S/C14H21NO3S/c1-3-18-12-4-6-13(7-5-12)19-10-14(17)15-11(2)8-9-16/h4-7,11,16H,3,8-10H2,1-2H3,(H,15,17). The van der Waals surface area contributed by atoms with Gasteiger partial charge in [-0.1, -0.05) is 0 Å². The summed E-state index contributed by atoms with van der Waals surface area (Å²) in [5, 5.41) is 11.6. The van der Waals surface area contributed by atoms with Gasteiger partial charge < -0.3 is 15.2 Å². The number of carbonyl (C=O) groups is 1. The van der Waals surface area contributed by atoms with Gasteiger partial charge in [-0.2, -0.15) is 0 Å². The van der Waals surface area contributed by atoms with E-state index in [2.05, 4.69) is 5.32 Å². The number of ether oxygens (including phenoxy) is 1. The molecular formula is C14H21NO3S. The Labute approximate surface area is 118 Å². The van der Waals surface area contributed by atoms with E-state index in [1.165, 1.54) is 11.8 Å². The monoisotopic (exact) mass is 283 g/mol. The van der Waals surface area contributed by atoms with Crippen LogP contribution in [0.25, 0.3) is 0 Å². The Kier molecular flexibility index (Phi) is 7.36. The van der Waals surface area contributed by atoms with Crippen molar-refractivity contribution in [1.29, 1.82) is 0 Å². The van der Waals surface area contributed by atoms with Crippen molar-refractivity contribution >= 4 is 17.7 Å². The fourth-order valence-corrected chi connectivity index (χ4v) is 2.24. The van der Waals surface area contributed by atoms with Crippen LogP contribution in [0.5, 0.6) is 5.75 Å². The van der Waals surface area contributed by atoms with Gasteiger partial charge in [-0.05, 0) is 44.5 Å². The Morgan fingerprint density at radius 1 is 1.42 bits per heavy atom. The number of carbonyl (C=O) groups excluding carboxylic acids is 1. The van der Waals surface area contributed by atoms with E-state index in [0.717, 1.165) is 10.6 Å². The Morgan fingerprint density at radius 3 is 2.68 bits per heavy atom. The van der Waals surface area contributed by atoms with E-state index in [1.54, 1.807) is 0 Å². The highest BCUT2D eigenvalue weighted by molar-refractivity contribution is 8.00. The third-order valence-corrected chi connectivity index (χ3v) is 3.49. The summed E-state index contributed by atoms with van der Waals surface area (Å²) < 4.78 is 5.35. The van der Waals surface area contributed by atoms with Crippen LogP contribution in [-0.2, 0) is 4.79 Å². The Bertz CT molecular complexity index is 381. The van der Waals surface area contributed by atoms with Crippen LogP contribution >= 0.6 is 11.8 Å². The normalized spacial score (nSPS) is 11.9. The lowest BCUT2D eigenvalue weighted by Crippen LogP contribution is -2.34. The number of rotatable bonds is 8. The number of aliphatic hydroxyl groups is 1. The summed E-state index contributed by atoms with van der Waals surface area (Å²) in [6.07, 6.45) is 0.583. The quantitative estimate of drug-likeness (QED) is 0.717. The molecule has 2 N–H and O–H groups in total. The molecule has 0 saturated heterocycles. The van der Waals surface area contributed by atoms with E-state index >= 15 is 0 Å². The summed E-state index contributed by atoms with van der Waals surface area (Å²) in [5.41, 5.74) is 0. The van der Waals surface area contributed by atoms with Crippen LogP contribution < -0.4 is 10.1 Å². The van der Waals surface area contributed by atoms with Gasteiger partial charge in [-0.25, -0.2) is 0 Å². The summed E-state index contributed by atoms with van der Waals surface area (Å²) in [4.78, 5) is 12.7. The fraction of sp³-hybridized carbons (Fsp3) is 0.500. The van der Waals surface area contributed by atoms with Crippen molar-refractivity contribution in [2.75, 3.05) is 19.0 Å². The Balaban J connectivity index is 2.33. The van der Waals surface area contributed by atoms with Crippen LogP contribution in [0.1, 0.15) is 20.3 Å². The SMILES string of the molecule is CCOc1ccc(SCC(=O)NC(C)CCO)cc1. The molecule has 106 valence electrons. The first kappa shape index (κ1) is 15.9. The lowest BCUT2D eigenvalue weighted by molar-refractivity contribution is -0.119. The molecule has 0 aliphatic rings. The highest BCUT2D eigenvalue weighted by Gasteiger charge is 2.07. The molecule has 0 aliphatic carbocycles. The Hall–Kier alpha value is -1.20. The summed E-state index contributed by atoms with van der Waals surface area (Å²) in [6, 6.07) is 7.70. The number of aliphatic hydroxyl groups excluding tert-OH is 1. The van der Waals surface area contributed by atoms with Crippen LogP contribution in [0.3, 0.4) is 0 Å². The van der Waals surface area contributed by atoms with Crippen molar-refractivity contribution in [2.45, 2.75) is 31.2 Å². The number of nitrogens with one attached hydrogen (secondary N) is 1. The van der Waals surface area contributed by atoms with E-state index in [1.807, 2.05) is 38.1 Å². The molecule has 0 aromatic heterocycles. The van der Waals surface area contributed by atoms with Crippen molar-refractivity contribution < 1.29 is 14.6 Å². The van der Waals surface area contributed by atoms with Gasteiger partial charge in [0.25, 0.3) is 0 Å². The molecule has 1 aromatic rings. The molecular weight excluding hydrogens is 262 g/mol. The van der Waals surface area contributed by atoms with Crippen LogP contribution in [0.2, 0.25) is 0 Å². The van der Waals surface area contributed by atoms with Crippen molar-refractivity contribution in [3.63, 3.8) is 0 Å². The number of benzene rings is 1. The molecule has 1 atom stereocenters. The third-order valence-electron chi connectivity index (χ3n) is 2.47. The first-order valence-electron chi connectivity index (χ1n) is 6.41. The fourth-order valence-electron chi connectivity index (χ4n) is 1.53. The molecule has 0 bridgehead atoms. The third kappa shape index (κ3) is 6.50. The average molecular weight is 283 g/mol. The molecule has 5 heteroatoms. The maximum atomic E-state index is 11.6. The molecule has 0 aliphatic heterocycles. The van der Waals surface area contributed by atoms with Gasteiger partial charge in [-0.15, -0.1) is 11.8 Å². The van der Waals surface area contributed by atoms with Crippen molar-refractivity contribution in [1.82, 2.24) is 5.32 Å². The van der Waals surface area contributed by atoms with Gasteiger partial charge in [0.1, 0.15) is 5.75 Å². The summed E-state index contributed by atoms with van der Waals surface area (Å²) >= 11 is 1.49. The summed E-state index contributed by atoms with van der Waals surface area (Å²) in [6.45, 7) is 4.57. The second-order valence-corrected chi connectivity index (χ2v) is 5.22. The van der Waals surface area contributed by atoms with Gasteiger partial charge in [0, 0.05) is 17.5 Å². The number of hydrogen-bond acceptors (Lipinski definition) is 4. The van der Waals surface area contributed by atoms with Crippen LogP contribution in [0.4, 0.5) is 0 Å². The number of amides is 1. The molecule has 1 amide bonds. The van der Waals surface area contributed by atoms with Crippen LogP contribution in [0, 0.1) is 0 Å².